The standard InChI is InChI=1S/2C12H8N2.ClH.Co.H2O/c2*1-3-9-5-6-10-4-2-8-14-12(10)11(9)13-7-1;;;/h2*1-8H;1H;;1H2/q2*-2;;+2;. The molecule has 31 heavy (non-hydrogen) atoms. The third kappa shape index (κ3) is 4.78. The molecular formula is C24H19ClCoN4O-2. The molecule has 4 heterocycles. The molecule has 2 aromatic rings. The van der Waals surface area contributed by atoms with Crippen LogP contribution in [0, 0.1) is 0 Å². The maximum atomic E-state index is 4.35. The molecule has 0 atom stereocenters. The Hall–Kier alpha value is -3.16. The quantitative estimate of drug-likeness (QED) is 0.508. The minimum atomic E-state index is 0. The number of rotatable bonds is 0. The van der Waals surface area contributed by atoms with E-state index >= 15 is 0 Å². The van der Waals surface area contributed by atoms with E-state index in [9.17, 15) is 0 Å². The van der Waals surface area contributed by atoms with Gasteiger partial charge >= 0.3 is 25.0 Å². The van der Waals surface area contributed by atoms with Crippen LogP contribution in [0.1, 0.15) is 0 Å². The zero-order chi connectivity index (χ0) is 20.8. The summed E-state index contributed by atoms with van der Waals surface area (Å²) in [6.07, 6.45) is 23.2. The summed E-state index contributed by atoms with van der Waals surface area (Å²) in [7, 11) is 4.33. The second-order valence-corrected chi connectivity index (χ2v) is 6.43. The molecule has 5 nitrogen and oxygen atoms in total. The predicted molar refractivity (Wildman–Crippen MR) is 129 cm³/mol. The fourth-order valence-corrected chi connectivity index (χ4v) is 3.36. The summed E-state index contributed by atoms with van der Waals surface area (Å²) in [5, 5.41) is 21.9. The molecule has 0 aromatic heterocycles. The van der Waals surface area contributed by atoms with Crippen molar-refractivity contribution in [2.45, 2.75) is 0 Å². The Morgan fingerprint density at radius 1 is 0.452 bits per heavy atom. The fraction of sp³-hybridized carbons (Fsp3) is 0. The first-order valence-corrected chi connectivity index (χ1v) is 10.6. The third-order valence-electron chi connectivity index (χ3n) is 4.69. The molecule has 0 radical (unpaired) electrons. The zero-order valence-corrected chi connectivity index (χ0v) is 18.1. The Labute approximate surface area is 192 Å². The molecule has 7 heteroatoms. The molecule has 159 valence electrons. The second kappa shape index (κ2) is 10.7. The molecule has 0 saturated heterocycles. The summed E-state index contributed by atoms with van der Waals surface area (Å²) in [6, 6.07) is 8.30. The van der Waals surface area contributed by atoms with Crippen molar-refractivity contribution < 1.29 is 20.3 Å². The number of nitrogens with zero attached hydrogens (tertiary/aromatic N) is 4. The number of fused-ring (bicyclic) bond motifs is 6. The van der Waals surface area contributed by atoms with Gasteiger partial charge in [0.1, 0.15) is 0 Å². The van der Waals surface area contributed by atoms with Gasteiger partial charge in [0, 0.05) is 0 Å². The normalized spacial score (nSPS) is 14.1. The van der Waals surface area contributed by atoms with Crippen LogP contribution < -0.4 is 20.9 Å². The number of benzene rings is 2. The van der Waals surface area contributed by atoms with Crippen LogP contribution in [0.4, 0.5) is 22.7 Å². The van der Waals surface area contributed by atoms with Crippen molar-refractivity contribution in [1.29, 1.82) is 0 Å². The van der Waals surface area contributed by atoms with E-state index in [0.717, 1.165) is 43.6 Å². The van der Waals surface area contributed by atoms with Crippen molar-refractivity contribution in [3.05, 3.63) is 116 Å². The molecule has 0 fully saturated rings. The molecule has 4 aliphatic rings. The molecule has 0 bridgehead atoms. The van der Waals surface area contributed by atoms with E-state index in [1.807, 2.05) is 24.3 Å². The van der Waals surface area contributed by atoms with Crippen molar-refractivity contribution in [1.82, 2.24) is 0 Å². The van der Waals surface area contributed by atoms with Gasteiger partial charge in [-0.15, -0.1) is 22.7 Å². The Balaban J connectivity index is 0.000000158. The molecule has 4 aliphatic heterocycles. The van der Waals surface area contributed by atoms with E-state index in [4.69, 9.17) is 0 Å². The molecular weight excluding hydrogens is 455 g/mol. The summed E-state index contributed by atoms with van der Waals surface area (Å²) in [4.78, 5) is 0. The van der Waals surface area contributed by atoms with Crippen molar-refractivity contribution in [2.75, 3.05) is 0 Å². The average molecular weight is 474 g/mol. The first-order chi connectivity index (χ1) is 14.9. The molecule has 0 amide bonds. The van der Waals surface area contributed by atoms with Gasteiger partial charge in [-0.1, -0.05) is 72.9 Å². The Bertz CT molecular complexity index is 1120. The third-order valence-corrected chi connectivity index (χ3v) is 4.69. The summed E-state index contributed by atoms with van der Waals surface area (Å²) in [5.41, 5.74) is 3.91. The number of hydrogen-bond acceptors (Lipinski definition) is 0. The van der Waals surface area contributed by atoms with Gasteiger partial charge in [-0.3, -0.25) is 0 Å². The van der Waals surface area contributed by atoms with Gasteiger partial charge in [0.2, 0.25) is 0 Å². The van der Waals surface area contributed by atoms with Crippen LogP contribution in [0.5, 0.6) is 0 Å². The first-order valence-electron chi connectivity index (χ1n) is 9.20. The van der Waals surface area contributed by atoms with Crippen LogP contribution in [0.15, 0.2) is 73.4 Å². The van der Waals surface area contributed by atoms with Crippen LogP contribution in [0.25, 0.3) is 45.6 Å². The summed E-state index contributed by atoms with van der Waals surface area (Å²) in [6.45, 7) is 0. The Morgan fingerprint density at radius 2 is 0.677 bits per heavy atom. The van der Waals surface area contributed by atoms with Crippen LogP contribution in [-0.4, -0.2) is 0 Å². The van der Waals surface area contributed by atoms with E-state index in [0.29, 0.717) is 0 Å². The monoisotopic (exact) mass is 473 g/mol. The van der Waals surface area contributed by atoms with Gasteiger partial charge in [-0.25, -0.2) is 0 Å². The molecule has 6 rings (SSSR count). The zero-order valence-electron chi connectivity index (χ0n) is 16.3. The van der Waals surface area contributed by atoms with Gasteiger partial charge < -0.3 is 26.7 Å². The van der Waals surface area contributed by atoms with Crippen molar-refractivity contribution in [3.8, 4) is 0 Å². The summed E-state index contributed by atoms with van der Waals surface area (Å²) < 4.78 is 0. The summed E-state index contributed by atoms with van der Waals surface area (Å²) in [5.74, 6) is 0. The van der Waals surface area contributed by atoms with Gasteiger partial charge in [0.25, 0.3) is 0 Å². The molecule has 0 saturated carbocycles. The van der Waals surface area contributed by atoms with Crippen molar-refractivity contribution in [2.24, 2.45) is 0 Å². The van der Waals surface area contributed by atoms with Gasteiger partial charge in [0.15, 0.2) is 0 Å². The van der Waals surface area contributed by atoms with Crippen LogP contribution >= 0.6 is 10.1 Å². The molecule has 2 aromatic carbocycles. The number of halogens is 1. The molecule has 0 unspecified atom stereocenters. The predicted octanol–water partition coefficient (Wildman–Crippen LogP) is 4.39. The minimum Gasteiger partial charge on any atom is -0.457 e. The molecule has 0 aliphatic carbocycles. The maximum Gasteiger partial charge on any atom is -0.457 e. The Morgan fingerprint density at radius 3 is 0.903 bits per heavy atom. The van der Waals surface area contributed by atoms with E-state index < -0.39 is 0 Å². The smallest absolute Gasteiger partial charge is 0.457 e. The van der Waals surface area contributed by atoms with Crippen LogP contribution in [0.2, 0.25) is 0 Å². The van der Waals surface area contributed by atoms with Gasteiger partial charge in [-0.2, -0.15) is 24.8 Å². The van der Waals surface area contributed by atoms with Crippen molar-refractivity contribution >= 4 is 57.2 Å². The van der Waals surface area contributed by atoms with Gasteiger partial charge in [0.05, 0.1) is 0 Å². The first kappa shape index (κ1) is 22.5. The molecule has 0 spiro atoms. The maximum absolute atomic E-state index is 4.35. The minimum absolute atomic E-state index is 0. The summed E-state index contributed by atoms with van der Waals surface area (Å²) >= 11 is 3.03. The molecule has 3 N–H and O–H groups in total. The second-order valence-electron chi connectivity index (χ2n) is 6.43. The number of hydrogen-bond donors (Lipinski definition) is 0. The van der Waals surface area contributed by atoms with Gasteiger partial charge in [-0.05, 0) is 20.9 Å². The number of allylic oxidation sites excluding steroid dienone is 4. The van der Waals surface area contributed by atoms with Crippen LogP contribution in [-0.2, 0) is 20.3 Å². The van der Waals surface area contributed by atoms with Crippen LogP contribution in [0.3, 0.4) is 0 Å². The topological polar surface area (TPSA) is 89.4 Å². The fourth-order valence-electron chi connectivity index (χ4n) is 3.36. The van der Waals surface area contributed by atoms with E-state index in [1.165, 1.54) is 0 Å². The Kier molecular flexibility index (Phi) is 7.80. The van der Waals surface area contributed by atoms with E-state index in [2.05, 4.69) is 94.8 Å². The average Bonchev–Trinajstić information content (AvgIpc) is 2.85. The largest absolute Gasteiger partial charge is 0.457 e. The van der Waals surface area contributed by atoms with Crippen molar-refractivity contribution in [3.63, 3.8) is 0 Å². The SMILES string of the molecule is C1=C[N-]c2c3c(ccc2=C1)=CC=C[N-]3.C1=C[N-]c2c3c(ccc2=C1)=CC=C[N-]3.[Cl][Co+].[OH3+]. The van der Waals surface area contributed by atoms with E-state index in [1.54, 1.807) is 24.8 Å². The van der Waals surface area contributed by atoms with E-state index in [-0.39, 0.29) is 5.48 Å².